The van der Waals surface area contributed by atoms with E-state index < -0.39 is 0 Å². The predicted octanol–water partition coefficient (Wildman–Crippen LogP) is 1.98. The zero-order chi connectivity index (χ0) is 20.0. The summed E-state index contributed by atoms with van der Waals surface area (Å²) in [5, 5.41) is 0. The van der Waals surface area contributed by atoms with E-state index in [0.29, 0.717) is 43.2 Å². The van der Waals surface area contributed by atoms with Gasteiger partial charge in [0.05, 0.1) is 12.1 Å². The highest BCUT2D eigenvalue weighted by Crippen LogP contribution is 2.36. The van der Waals surface area contributed by atoms with Crippen LogP contribution in [-0.2, 0) is 4.79 Å². The Labute approximate surface area is 169 Å². The van der Waals surface area contributed by atoms with Gasteiger partial charge in [0.2, 0.25) is 12.7 Å². The van der Waals surface area contributed by atoms with Crippen LogP contribution >= 0.6 is 0 Å². The lowest BCUT2D eigenvalue weighted by atomic mass is 9.92. The normalized spacial score (nSPS) is 23.8. The fourth-order valence-corrected chi connectivity index (χ4v) is 4.48. The average Bonchev–Trinajstić information content (AvgIpc) is 3.38. The molecule has 0 aromatic heterocycles. The van der Waals surface area contributed by atoms with Gasteiger partial charge in [0.1, 0.15) is 0 Å². The maximum absolute atomic E-state index is 13.1. The third kappa shape index (κ3) is 3.02. The van der Waals surface area contributed by atoms with E-state index in [1.165, 1.54) is 0 Å². The number of anilines is 1. The number of carbonyl (C=O) groups excluding carboxylic acids is 2. The van der Waals surface area contributed by atoms with Crippen LogP contribution in [0.2, 0.25) is 0 Å². The molecule has 0 N–H and O–H groups in total. The molecule has 3 heterocycles. The number of piperazine rings is 1. The largest absolute Gasteiger partial charge is 0.454 e. The van der Waals surface area contributed by atoms with Crippen molar-refractivity contribution in [2.75, 3.05) is 44.9 Å². The smallest absolute Gasteiger partial charge is 0.254 e. The summed E-state index contributed by atoms with van der Waals surface area (Å²) in [5.41, 5.74) is 1.27. The van der Waals surface area contributed by atoms with E-state index in [0.717, 1.165) is 12.1 Å². The molecule has 3 aliphatic rings. The number of likely N-dealkylation sites (N-methyl/N-ethyl adjacent to an activating group) is 1. The lowest BCUT2D eigenvalue weighted by molar-refractivity contribution is -0.123. The number of amides is 2. The highest BCUT2D eigenvalue weighted by Gasteiger charge is 2.48. The van der Waals surface area contributed by atoms with E-state index in [-0.39, 0.29) is 24.1 Å². The molecule has 2 aromatic rings. The van der Waals surface area contributed by atoms with Crippen molar-refractivity contribution < 1.29 is 19.1 Å². The molecule has 2 fully saturated rings. The van der Waals surface area contributed by atoms with Gasteiger partial charge in [-0.25, -0.2) is 0 Å². The zero-order valence-electron chi connectivity index (χ0n) is 16.3. The summed E-state index contributed by atoms with van der Waals surface area (Å²) in [7, 11) is 1.98. The van der Waals surface area contributed by atoms with Crippen molar-refractivity contribution >= 4 is 17.5 Å². The molecular weight excluding hydrogens is 370 g/mol. The number of rotatable bonds is 2. The van der Waals surface area contributed by atoms with E-state index in [4.69, 9.17) is 9.47 Å². The van der Waals surface area contributed by atoms with Crippen LogP contribution in [0.25, 0.3) is 0 Å². The maximum Gasteiger partial charge on any atom is 0.254 e. The fourth-order valence-electron chi connectivity index (χ4n) is 4.48. The topological polar surface area (TPSA) is 62.3 Å². The number of para-hydroxylation sites is 1. The molecular formula is C22H23N3O4. The van der Waals surface area contributed by atoms with E-state index in [2.05, 4.69) is 4.90 Å². The van der Waals surface area contributed by atoms with Crippen LogP contribution in [0.5, 0.6) is 11.5 Å². The summed E-state index contributed by atoms with van der Waals surface area (Å²) in [4.78, 5) is 31.6. The van der Waals surface area contributed by atoms with E-state index >= 15 is 0 Å². The van der Waals surface area contributed by atoms with Gasteiger partial charge in [-0.05, 0) is 43.8 Å². The molecule has 0 radical (unpaired) electrons. The first-order valence-electron chi connectivity index (χ1n) is 9.81. The van der Waals surface area contributed by atoms with Gasteiger partial charge in [0.25, 0.3) is 5.91 Å². The Morgan fingerprint density at radius 1 is 1.03 bits per heavy atom. The number of benzene rings is 2. The van der Waals surface area contributed by atoms with E-state index in [1.807, 2.05) is 47.2 Å². The van der Waals surface area contributed by atoms with Crippen LogP contribution in [0.3, 0.4) is 0 Å². The fraction of sp³-hybridized carbons (Fsp3) is 0.364. The molecule has 2 amide bonds. The number of hydrogen-bond donors (Lipinski definition) is 0. The van der Waals surface area contributed by atoms with Crippen LogP contribution < -0.4 is 14.4 Å². The molecule has 1 atom stereocenters. The van der Waals surface area contributed by atoms with Gasteiger partial charge in [-0.15, -0.1) is 0 Å². The number of carbonyl (C=O) groups is 2. The lowest BCUT2D eigenvalue weighted by Gasteiger charge is -2.46. The Morgan fingerprint density at radius 3 is 2.66 bits per heavy atom. The summed E-state index contributed by atoms with van der Waals surface area (Å²) in [6.07, 6.45) is 0.830. The van der Waals surface area contributed by atoms with Gasteiger partial charge in [-0.2, -0.15) is 0 Å². The maximum atomic E-state index is 13.1. The van der Waals surface area contributed by atoms with Crippen molar-refractivity contribution in [3.63, 3.8) is 0 Å². The van der Waals surface area contributed by atoms with Crippen molar-refractivity contribution in [1.29, 1.82) is 0 Å². The highest BCUT2D eigenvalue weighted by atomic mass is 16.7. The number of fused-ring (bicyclic) bond motifs is 1. The number of nitrogens with zero attached hydrogens (tertiary/aromatic N) is 3. The van der Waals surface area contributed by atoms with Gasteiger partial charge in [0.15, 0.2) is 11.5 Å². The second kappa shape index (κ2) is 6.77. The second-order valence-corrected chi connectivity index (χ2v) is 7.94. The van der Waals surface area contributed by atoms with Gasteiger partial charge in [0, 0.05) is 30.9 Å². The molecule has 0 aliphatic carbocycles. The standard InChI is InChI=1S/C22H23N3O4/c1-23-12-20(26)25(17-5-3-2-4-6-17)14-22(23)9-10-24(13-22)21(27)16-7-8-18-19(11-16)29-15-28-18/h2-8,11H,9-10,12-15H2,1H3. The number of hydrogen-bond acceptors (Lipinski definition) is 5. The highest BCUT2D eigenvalue weighted by molar-refractivity contribution is 5.97. The molecule has 5 rings (SSSR count). The third-order valence-electron chi connectivity index (χ3n) is 6.24. The van der Waals surface area contributed by atoms with Crippen molar-refractivity contribution in [2.45, 2.75) is 12.0 Å². The van der Waals surface area contributed by atoms with E-state index in [1.54, 1.807) is 18.2 Å². The summed E-state index contributed by atoms with van der Waals surface area (Å²) < 4.78 is 10.7. The minimum Gasteiger partial charge on any atom is -0.454 e. The van der Waals surface area contributed by atoms with Gasteiger partial charge in [-0.3, -0.25) is 14.5 Å². The molecule has 3 aliphatic heterocycles. The Morgan fingerprint density at radius 2 is 1.83 bits per heavy atom. The molecule has 7 heteroatoms. The van der Waals surface area contributed by atoms with Gasteiger partial charge < -0.3 is 19.3 Å². The van der Waals surface area contributed by atoms with Crippen LogP contribution in [0.15, 0.2) is 48.5 Å². The molecule has 2 saturated heterocycles. The van der Waals surface area contributed by atoms with Crippen LogP contribution in [0.4, 0.5) is 5.69 Å². The molecule has 29 heavy (non-hydrogen) atoms. The quantitative estimate of drug-likeness (QED) is 0.781. The third-order valence-corrected chi connectivity index (χ3v) is 6.24. The first kappa shape index (κ1) is 18.0. The molecule has 7 nitrogen and oxygen atoms in total. The molecule has 0 bridgehead atoms. The number of likely N-dealkylation sites (tertiary alicyclic amines) is 1. The van der Waals surface area contributed by atoms with Crippen LogP contribution in [0.1, 0.15) is 16.8 Å². The molecule has 2 aromatic carbocycles. The zero-order valence-corrected chi connectivity index (χ0v) is 16.3. The first-order chi connectivity index (χ1) is 14.1. The Balaban J connectivity index is 1.37. The minimum absolute atomic E-state index is 0.0169. The molecule has 1 spiro atoms. The van der Waals surface area contributed by atoms with Crippen molar-refractivity contribution in [1.82, 2.24) is 9.80 Å². The van der Waals surface area contributed by atoms with Crippen molar-refractivity contribution in [3.8, 4) is 11.5 Å². The Bertz CT molecular complexity index is 964. The SMILES string of the molecule is CN1CC(=O)N(c2ccccc2)CC12CCN(C(=O)c1ccc3c(c1)OCO3)C2. The van der Waals surface area contributed by atoms with E-state index in [9.17, 15) is 9.59 Å². The molecule has 1 unspecified atom stereocenters. The lowest BCUT2D eigenvalue weighted by Crippen LogP contribution is -2.64. The minimum atomic E-state index is -0.240. The number of ether oxygens (including phenoxy) is 2. The summed E-state index contributed by atoms with van der Waals surface area (Å²) >= 11 is 0. The van der Waals surface area contributed by atoms with Crippen molar-refractivity contribution in [3.05, 3.63) is 54.1 Å². The van der Waals surface area contributed by atoms with Gasteiger partial charge >= 0.3 is 0 Å². The monoisotopic (exact) mass is 393 g/mol. The summed E-state index contributed by atoms with van der Waals surface area (Å²) in [5.74, 6) is 1.35. The molecule has 150 valence electrons. The first-order valence-corrected chi connectivity index (χ1v) is 9.81. The summed E-state index contributed by atoms with van der Waals surface area (Å²) in [6.45, 7) is 2.37. The van der Waals surface area contributed by atoms with Crippen molar-refractivity contribution in [2.24, 2.45) is 0 Å². The summed E-state index contributed by atoms with van der Waals surface area (Å²) in [6, 6.07) is 15.1. The Hall–Kier alpha value is -3.06. The van der Waals surface area contributed by atoms with Gasteiger partial charge in [-0.1, -0.05) is 18.2 Å². The average molecular weight is 393 g/mol. The predicted molar refractivity (Wildman–Crippen MR) is 107 cm³/mol. The molecule has 0 saturated carbocycles. The second-order valence-electron chi connectivity index (χ2n) is 7.94. The van der Waals surface area contributed by atoms with Crippen LogP contribution in [0, 0.1) is 0 Å². The van der Waals surface area contributed by atoms with Crippen LogP contribution in [-0.4, -0.2) is 67.2 Å². The Kier molecular flexibility index (Phi) is 4.20.